The summed E-state index contributed by atoms with van der Waals surface area (Å²) in [5, 5.41) is 0. The van der Waals surface area contributed by atoms with Crippen molar-refractivity contribution in [2.24, 2.45) is 0 Å². The van der Waals surface area contributed by atoms with E-state index in [1.54, 1.807) is 0 Å². The van der Waals surface area contributed by atoms with Gasteiger partial charge in [-0.2, -0.15) is 0 Å². The van der Waals surface area contributed by atoms with Crippen LogP contribution >= 0.6 is 0 Å². The van der Waals surface area contributed by atoms with E-state index < -0.39 is 0 Å². The number of hydrogen-bond acceptors (Lipinski definition) is 2. The summed E-state index contributed by atoms with van der Waals surface area (Å²) in [6.07, 6.45) is 13.3. The Morgan fingerprint density at radius 1 is 0.759 bits per heavy atom. The van der Waals surface area contributed by atoms with Gasteiger partial charge in [0.15, 0.2) is 0 Å². The Bertz CT molecular complexity index is 700. The van der Waals surface area contributed by atoms with Crippen LogP contribution in [0.1, 0.15) is 95.8 Å². The molecule has 0 aromatic heterocycles. The van der Waals surface area contributed by atoms with Gasteiger partial charge in [0.1, 0.15) is 6.10 Å². The lowest BCUT2D eigenvalue weighted by Gasteiger charge is -2.13. The Hall–Kier alpha value is -2.09. The fourth-order valence-electron chi connectivity index (χ4n) is 3.77. The molecule has 158 valence electrons. The van der Waals surface area contributed by atoms with Gasteiger partial charge in [0.05, 0.1) is 0 Å². The summed E-state index contributed by atoms with van der Waals surface area (Å²) in [6, 6.07) is 17.2. The average Bonchev–Trinajstić information content (AvgIpc) is 2.73. The first-order valence-electron chi connectivity index (χ1n) is 11.5. The van der Waals surface area contributed by atoms with Gasteiger partial charge >= 0.3 is 5.97 Å². The van der Waals surface area contributed by atoms with E-state index >= 15 is 0 Å². The molecular weight excluding hydrogens is 356 g/mol. The molecule has 2 rings (SSSR count). The minimum atomic E-state index is -0.246. The number of ether oxygens (including phenoxy) is 1. The SMILES string of the molecule is CCCCCCCCCCCc1ccc(-c2ccc(C(C)OC(C)=O)cc2)cc1. The largest absolute Gasteiger partial charge is 0.458 e. The highest BCUT2D eigenvalue weighted by atomic mass is 16.5. The zero-order chi connectivity index (χ0) is 20.9. The van der Waals surface area contributed by atoms with Gasteiger partial charge in [-0.15, -0.1) is 0 Å². The molecule has 0 saturated heterocycles. The van der Waals surface area contributed by atoms with Gasteiger partial charge in [0.25, 0.3) is 0 Å². The van der Waals surface area contributed by atoms with Gasteiger partial charge in [-0.3, -0.25) is 4.79 Å². The van der Waals surface area contributed by atoms with Crippen LogP contribution in [0.4, 0.5) is 0 Å². The predicted octanol–water partition coefficient (Wildman–Crippen LogP) is 8.05. The highest BCUT2D eigenvalue weighted by molar-refractivity contribution is 5.67. The maximum atomic E-state index is 11.1. The standard InChI is InChI=1S/C27H38O2/c1-4-5-6-7-8-9-10-11-12-13-24-14-16-26(17-15-24)27-20-18-25(19-21-27)22(2)29-23(3)28/h14-22H,4-13H2,1-3H3. The average molecular weight is 395 g/mol. The van der Waals surface area contributed by atoms with Crippen LogP contribution in [0.15, 0.2) is 48.5 Å². The van der Waals surface area contributed by atoms with Crippen LogP contribution in [0.2, 0.25) is 0 Å². The first-order valence-corrected chi connectivity index (χ1v) is 11.5. The molecular formula is C27H38O2. The molecule has 0 bridgehead atoms. The first-order chi connectivity index (χ1) is 14.1. The molecule has 2 aromatic carbocycles. The minimum absolute atomic E-state index is 0.208. The Balaban J connectivity index is 1.72. The van der Waals surface area contributed by atoms with Crippen molar-refractivity contribution in [3.8, 4) is 11.1 Å². The smallest absolute Gasteiger partial charge is 0.303 e. The van der Waals surface area contributed by atoms with Crippen molar-refractivity contribution >= 4 is 5.97 Å². The van der Waals surface area contributed by atoms with Gasteiger partial charge in [0.2, 0.25) is 0 Å². The summed E-state index contributed by atoms with van der Waals surface area (Å²) in [5.74, 6) is -0.246. The first kappa shape index (κ1) is 23.2. The third-order valence-corrected chi connectivity index (χ3v) is 5.58. The number of rotatable bonds is 13. The zero-order valence-electron chi connectivity index (χ0n) is 18.6. The Kier molecular flexibility index (Phi) is 10.5. The van der Waals surface area contributed by atoms with Crippen LogP contribution in [0, 0.1) is 0 Å². The van der Waals surface area contributed by atoms with E-state index in [9.17, 15) is 4.79 Å². The van der Waals surface area contributed by atoms with E-state index in [4.69, 9.17) is 4.74 Å². The summed E-state index contributed by atoms with van der Waals surface area (Å²) in [6.45, 7) is 5.62. The molecule has 2 nitrogen and oxygen atoms in total. The van der Waals surface area contributed by atoms with Crippen molar-refractivity contribution in [3.63, 3.8) is 0 Å². The predicted molar refractivity (Wildman–Crippen MR) is 123 cm³/mol. The molecule has 2 heteroatoms. The van der Waals surface area contributed by atoms with Crippen molar-refractivity contribution < 1.29 is 9.53 Å². The number of benzene rings is 2. The number of unbranched alkanes of at least 4 members (excludes halogenated alkanes) is 8. The Morgan fingerprint density at radius 3 is 1.76 bits per heavy atom. The van der Waals surface area contributed by atoms with E-state index in [-0.39, 0.29) is 12.1 Å². The number of aryl methyl sites for hydroxylation is 1. The van der Waals surface area contributed by atoms with Gasteiger partial charge in [0, 0.05) is 6.92 Å². The molecule has 0 heterocycles. The molecule has 0 fully saturated rings. The fraction of sp³-hybridized carbons (Fsp3) is 0.519. The second-order valence-corrected chi connectivity index (χ2v) is 8.15. The van der Waals surface area contributed by atoms with E-state index in [0.29, 0.717) is 0 Å². The lowest BCUT2D eigenvalue weighted by Crippen LogP contribution is -2.04. The third-order valence-electron chi connectivity index (χ3n) is 5.58. The van der Waals surface area contributed by atoms with Gasteiger partial charge in [-0.25, -0.2) is 0 Å². The molecule has 0 radical (unpaired) electrons. The second kappa shape index (κ2) is 13.2. The van der Waals surface area contributed by atoms with Crippen LogP contribution in [0.25, 0.3) is 11.1 Å². The van der Waals surface area contributed by atoms with E-state index in [0.717, 1.165) is 5.56 Å². The summed E-state index contributed by atoms with van der Waals surface area (Å²) in [7, 11) is 0. The summed E-state index contributed by atoms with van der Waals surface area (Å²) in [5.41, 5.74) is 4.87. The van der Waals surface area contributed by atoms with Crippen molar-refractivity contribution in [3.05, 3.63) is 59.7 Å². The fourth-order valence-corrected chi connectivity index (χ4v) is 3.77. The van der Waals surface area contributed by atoms with Crippen molar-refractivity contribution in [2.75, 3.05) is 0 Å². The number of carbonyl (C=O) groups is 1. The zero-order valence-corrected chi connectivity index (χ0v) is 18.6. The minimum Gasteiger partial charge on any atom is -0.458 e. The summed E-state index contributed by atoms with van der Waals surface area (Å²) >= 11 is 0. The molecule has 0 aliphatic heterocycles. The molecule has 0 saturated carbocycles. The number of hydrogen-bond donors (Lipinski definition) is 0. The Labute approximate surface area is 177 Å². The molecule has 1 atom stereocenters. The topological polar surface area (TPSA) is 26.3 Å². The van der Waals surface area contributed by atoms with Crippen LogP contribution in [0.5, 0.6) is 0 Å². The maximum Gasteiger partial charge on any atom is 0.303 e. The lowest BCUT2D eigenvalue weighted by molar-refractivity contribution is -0.145. The van der Waals surface area contributed by atoms with E-state index in [1.165, 1.54) is 87.8 Å². The van der Waals surface area contributed by atoms with Crippen molar-refractivity contribution in [1.29, 1.82) is 0 Å². The highest BCUT2D eigenvalue weighted by Crippen LogP contribution is 2.24. The molecule has 0 spiro atoms. The summed E-state index contributed by atoms with van der Waals surface area (Å²) in [4.78, 5) is 11.1. The van der Waals surface area contributed by atoms with Crippen LogP contribution in [-0.4, -0.2) is 5.97 Å². The Morgan fingerprint density at radius 2 is 1.24 bits per heavy atom. The van der Waals surface area contributed by atoms with Crippen molar-refractivity contribution in [2.45, 2.75) is 91.1 Å². The molecule has 0 amide bonds. The molecule has 2 aromatic rings. The molecule has 0 aliphatic rings. The summed E-state index contributed by atoms with van der Waals surface area (Å²) < 4.78 is 5.24. The third kappa shape index (κ3) is 8.85. The van der Waals surface area contributed by atoms with Gasteiger partial charge in [-0.05, 0) is 42.0 Å². The van der Waals surface area contributed by atoms with Gasteiger partial charge in [-0.1, -0.05) is 107 Å². The van der Waals surface area contributed by atoms with Crippen LogP contribution in [0.3, 0.4) is 0 Å². The van der Waals surface area contributed by atoms with E-state index in [2.05, 4.69) is 43.3 Å². The van der Waals surface area contributed by atoms with Crippen LogP contribution in [-0.2, 0) is 16.0 Å². The molecule has 1 unspecified atom stereocenters. The van der Waals surface area contributed by atoms with Crippen molar-refractivity contribution in [1.82, 2.24) is 0 Å². The second-order valence-electron chi connectivity index (χ2n) is 8.15. The van der Waals surface area contributed by atoms with Gasteiger partial charge < -0.3 is 4.74 Å². The number of carbonyl (C=O) groups excluding carboxylic acids is 1. The number of esters is 1. The normalized spacial score (nSPS) is 12.0. The molecule has 0 aliphatic carbocycles. The quantitative estimate of drug-likeness (QED) is 0.254. The highest BCUT2D eigenvalue weighted by Gasteiger charge is 2.08. The van der Waals surface area contributed by atoms with E-state index in [1.807, 2.05) is 19.1 Å². The maximum absolute atomic E-state index is 11.1. The lowest BCUT2D eigenvalue weighted by atomic mass is 9.99. The molecule has 29 heavy (non-hydrogen) atoms. The van der Waals surface area contributed by atoms with Crippen LogP contribution < -0.4 is 0 Å². The monoisotopic (exact) mass is 394 g/mol. The molecule has 0 N–H and O–H groups in total.